The molecule has 0 N–H and O–H groups in total. The van der Waals surface area contributed by atoms with Crippen molar-refractivity contribution < 1.29 is 8.83 Å². The van der Waals surface area contributed by atoms with Gasteiger partial charge in [0.15, 0.2) is 11.2 Å². The lowest BCUT2D eigenvalue weighted by molar-refractivity contribution is 0.668. The molecule has 0 atom stereocenters. The van der Waals surface area contributed by atoms with Crippen LogP contribution in [0.2, 0.25) is 0 Å². The molecule has 0 aliphatic heterocycles. The zero-order valence-electron chi connectivity index (χ0n) is 36.1. The molecule has 3 aromatic heterocycles. The lowest BCUT2D eigenvalue weighted by Gasteiger charge is -2.26. The lowest BCUT2D eigenvalue weighted by atomic mass is 9.95. The van der Waals surface area contributed by atoms with Crippen LogP contribution in [0.3, 0.4) is 0 Å². The average Bonchev–Trinajstić information content (AvgIpc) is 4.10. The van der Waals surface area contributed by atoms with E-state index in [2.05, 4.69) is 222 Å². The highest BCUT2D eigenvalue weighted by Crippen LogP contribution is 2.49. The normalized spacial score (nSPS) is 11.9. The van der Waals surface area contributed by atoms with Gasteiger partial charge in [-0.25, -0.2) is 0 Å². The van der Waals surface area contributed by atoms with E-state index in [4.69, 9.17) is 8.83 Å². The summed E-state index contributed by atoms with van der Waals surface area (Å²) in [6.45, 7) is 0. The van der Waals surface area contributed by atoms with Gasteiger partial charge in [0, 0.05) is 69.9 Å². The van der Waals surface area contributed by atoms with E-state index in [-0.39, 0.29) is 0 Å². The summed E-state index contributed by atoms with van der Waals surface area (Å²) in [5.74, 6) is 0. The van der Waals surface area contributed by atoms with E-state index in [0.717, 1.165) is 83.6 Å². The summed E-state index contributed by atoms with van der Waals surface area (Å²) in [5.41, 5.74) is 12.1. The summed E-state index contributed by atoms with van der Waals surface area (Å²) in [5, 5.41) is 12.0. The van der Waals surface area contributed by atoms with Crippen LogP contribution in [0.15, 0.2) is 239 Å². The third-order valence-electron chi connectivity index (χ3n) is 13.4. The Hall–Kier alpha value is -8.64. The molecule has 11 aromatic carbocycles. The molecule has 0 amide bonds. The second kappa shape index (κ2) is 15.0. The molecule has 0 saturated carbocycles. The van der Waals surface area contributed by atoms with Crippen molar-refractivity contribution in [3.05, 3.63) is 231 Å². The minimum Gasteiger partial charge on any atom is -0.454 e. The number of para-hydroxylation sites is 6. The van der Waals surface area contributed by atoms with Gasteiger partial charge < -0.3 is 18.6 Å². The van der Waals surface area contributed by atoms with E-state index >= 15 is 0 Å². The van der Waals surface area contributed by atoms with E-state index in [1.165, 1.54) is 47.3 Å². The topological polar surface area (TPSA) is 32.8 Å². The summed E-state index contributed by atoms with van der Waals surface area (Å²) < 4.78 is 15.7. The van der Waals surface area contributed by atoms with Crippen molar-refractivity contribution in [3.8, 4) is 11.1 Å². The first-order valence-corrected chi connectivity index (χ1v) is 23.5. The Morgan fingerprint density at radius 3 is 1.40 bits per heavy atom. The van der Waals surface area contributed by atoms with Crippen LogP contribution in [0.5, 0.6) is 0 Å². The molecular weight excluding hydrogens is 837 g/mol. The molecule has 14 aromatic rings. The zero-order chi connectivity index (χ0) is 44.0. The first-order valence-electron chi connectivity index (χ1n) is 22.7. The molecule has 67 heavy (non-hydrogen) atoms. The Morgan fingerprint density at radius 1 is 0.299 bits per heavy atom. The first kappa shape index (κ1) is 37.7. The fourth-order valence-electron chi connectivity index (χ4n) is 10.4. The predicted molar refractivity (Wildman–Crippen MR) is 284 cm³/mol. The first-order chi connectivity index (χ1) is 33.2. The number of fused-ring (bicyclic) bond motifs is 14. The van der Waals surface area contributed by atoms with Gasteiger partial charge >= 0.3 is 0 Å². The van der Waals surface area contributed by atoms with Crippen LogP contribution in [0.4, 0.5) is 34.1 Å². The van der Waals surface area contributed by atoms with Crippen LogP contribution in [0.25, 0.3) is 96.7 Å². The Kier molecular flexibility index (Phi) is 8.42. The van der Waals surface area contributed by atoms with Crippen molar-refractivity contribution in [3.63, 3.8) is 0 Å². The van der Waals surface area contributed by atoms with Crippen molar-refractivity contribution in [1.82, 2.24) is 0 Å². The molecule has 0 aliphatic rings. The van der Waals surface area contributed by atoms with Crippen LogP contribution < -0.4 is 9.80 Å². The maximum Gasteiger partial charge on any atom is 0.159 e. The second-order valence-corrected chi connectivity index (χ2v) is 18.2. The van der Waals surface area contributed by atoms with Gasteiger partial charge in [0.2, 0.25) is 0 Å². The minimum absolute atomic E-state index is 0.872. The van der Waals surface area contributed by atoms with Crippen LogP contribution in [0, 0.1) is 0 Å². The third-order valence-corrected chi connectivity index (χ3v) is 14.6. The molecule has 0 bridgehead atoms. The molecule has 5 heteroatoms. The van der Waals surface area contributed by atoms with Gasteiger partial charge in [-0.1, -0.05) is 152 Å². The SMILES string of the molecule is c1ccc(N(c2ccc(-c3ccc4c(c3)sc3c5ccc(N(c6ccccc6)c6cccc7c6oc6ccccc67)cc5c5ccccc5c43)cc2)c2cccc3c2oc2ccccc23)cc1. The molecular formula is C62H38N2O2S. The van der Waals surface area contributed by atoms with Crippen LogP contribution in [-0.4, -0.2) is 0 Å². The van der Waals surface area contributed by atoms with Gasteiger partial charge in [0.1, 0.15) is 11.2 Å². The Morgan fingerprint density at radius 2 is 0.776 bits per heavy atom. The smallest absolute Gasteiger partial charge is 0.159 e. The Bertz CT molecular complexity index is 4230. The standard InChI is InChI=1S/C62H38N2O2S/c1-3-15-41(16-4-1)63(54-25-13-23-49-46-20-9-11-27-56(46)65-60(49)54)43-32-29-39(30-33-43)40-31-35-52-58(37-40)67-62-51-36-34-44(38-53(51)45-19-7-8-22-48(45)59(52)62)64(42-17-5-2-6-18-42)55-26-14-24-50-47-21-10-12-28-57(47)66-61(50)55/h1-38H. The summed E-state index contributed by atoms with van der Waals surface area (Å²) in [7, 11) is 0. The molecule has 14 rings (SSSR count). The van der Waals surface area contributed by atoms with Crippen molar-refractivity contribution >= 4 is 131 Å². The Labute approximate surface area is 389 Å². The number of hydrogen-bond donors (Lipinski definition) is 0. The lowest BCUT2D eigenvalue weighted by Crippen LogP contribution is -2.10. The number of anilines is 6. The maximum atomic E-state index is 6.63. The number of rotatable bonds is 7. The molecule has 0 radical (unpaired) electrons. The highest BCUT2D eigenvalue weighted by atomic mass is 32.1. The van der Waals surface area contributed by atoms with E-state index in [1.54, 1.807) is 0 Å². The highest BCUT2D eigenvalue weighted by Gasteiger charge is 2.23. The quantitative estimate of drug-likeness (QED) is 0.149. The third kappa shape index (κ3) is 5.92. The maximum absolute atomic E-state index is 6.63. The highest BCUT2D eigenvalue weighted by molar-refractivity contribution is 7.27. The minimum atomic E-state index is 0.872. The van der Waals surface area contributed by atoms with Crippen molar-refractivity contribution in [2.45, 2.75) is 0 Å². The van der Waals surface area contributed by atoms with Gasteiger partial charge in [-0.15, -0.1) is 11.3 Å². The van der Waals surface area contributed by atoms with Gasteiger partial charge in [0.25, 0.3) is 0 Å². The molecule has 4 nitrogen and oxygen atoms in total. The molecule has 3 heterocycles. The summed E-state index contributed by atoms with van der Waals surface area (Å²) in [6, 6.07) is 82.4. The largest absolute Gasteiger partial charge is 0.454 e. The van der Waals surface area contributed by atoms with E-state index in [0.29, 0.717) is 0 Å². The molecule has 0 spiro atoms. The Balaban J connectivity index is 0.889. The fraction of sp³-hybridized carbons (Fsp3) is 0. The second-order valence-electron chi connectivity index (χ2n) is 17.2. The van der Waals surface area contributed by atoms with Crippen LogP contribution in [0.1, 0.15) is 0 Å². The summed E-state index contributed by atoms with van der Waals surface area (Å²) >= 11 is 1.88. The molecule has 0 fully saturated rings. The molecule has 0 saturated heterocycles. The predicted octanol–water partition coefficient (Wildman–Crippen LogP) is 18.8. The monoisotopic (exact) mass is 874 g/mol. The van der Waals surface area contributed by atoms with Crippen molar-refractivity contribution in [2.75, 3.05) is 9.80 Å². The fourth-order valence-corrected chi connectivity index (χ4v) is 11.7. The van der Waals surface area contributed by atoms with Gasteiger partial charge in [-0.3, -0.25) is 0 Å². The number of thiophene rings is 1. The van der Waals surface area contributed by atoms with Gasteiger partial charge in [-0.05, 0) is 106 Å². The van der Waals surface area contributed by atoms with Gasteiger partial charge in [0.05, 0.1) is 11.4 Å². The van der Waals surface area contributed by atoms with E-state index in [9.17, 15) is 0 Å². The number of hydrogen-bond acceptors (Lipinski definition) is 5. The van der Waals surface area contributed by atoms with E-state index < -0.39 is 0 Å². The zero-order valence-corrected chi connectivity index (χ0v) is 36.9. The molecule has 314 valence electrons. The van der Waals surface area contributed by atoms with Crippen molar-refractivity contribution in [1.29, 1.82) is 0 Å². The van der Waals surface area contributed by atoms with Crippen LogP contribution in [-0.2, 0) is 0 Å². The number of furan rings is 2. The number of nitrogens with zero attached hydrogens (tertiary/aromatic N) is 2. The van der Waals surface area contributed by atoms with E-state index in [1.807, 2.05) is 29.5 Å². The van der Waals surface area contributed by atoms with Crippen molar-refractivity contribution in [2.24, 2.45) is 0 Å². The van der Waals surface area contributed by atoms with Crippen LogP contribution >= 0.6 is 11.3 Å². The summed E-state index contributed by atoms with van der Waals surface area (Å²) in [4.78, 5) is 4.63. The summed E-state index contributed by atoms with van der Waals surface area (Å²) in [6.07, 6.45) is 0. The van der Waals surface area contributed by atoms with Gasteiger partial charge in [-0.2, -0.15) is 0 Å². The molecule has 0 aliphatic carbocycles. The average molecular weight is 875 g/mol. The molecule has 0 unspecified atom stereocenters. The number of benzene rings is 11.